The van der Waals surface area contributed by atoms with Crippen LogP contribution in [-0.4, -0.2) is 44.8 Å². The van der Waals surface area contributed by atoms with Crippen LogP contribution >= 0.6 is 0 Å². The first-order valence-corrected chi connectivity index (χ1v) is 7.13. The summed E-state index contributed by atoms with van der Waals surface area (Å²) in [6.45, 7) is 5.22. The number of fused-ring (bicyclic) bond motifs is 1. The molecule has 3 rings (SSSR count). The average molecular weight is 289 g/mol. The molecule has 1 aliphatic heterocycles. The molecule has 0 atom stereocenters. The summed E-state index contributed by atoms with van der Waals surface area (Å²) in [5.41, 5.74) is 3.36. The highest BCUT2D eigenvalue weighted by atomic mass is 16.4. The highest BCUT2D eigenvalue weighted by molar-refractivity contribution is 5.88. The van der Waals surface area contributed by atoms with Crippen LogP contribution in [0.5, 0.6) is 0 Å². The smallest absolute Gasteiger partial charge is 0.354 e. The van der Waals surface area contributed by atoms with Crippen LogP contribution in [0.3, 0.4) is 0 Å². The van der Waals surface area contributed by atoms with Crippen molar-refractivity contribution in [2.75, 3.05) is 18.0 Å². The fraction of sp³-hybridized carbons (Fsp3) is 0.467. The fourth-order valence-electron chi connectivity index (χ4n) is 2.96. The average Bonchev–Trinajstić information content (AvgIpc) is 2.76. The van der Waals surface area contributed by atoms with Gasteiger partial charge in [0, 0.05) is 19.3 Å². The van der Waals surface area contributed by atoms with Gasteiger partial charge < -0.3 is 15.1 Å². The van der Waals surface area contributed by atoms with E-state index in [1.807, 2.05) is 19.2 Å². The molecule has 0 saturated carbocycles. The number of aliphatic hydroxyl groups is 1. The zero-order chi connectivity index (χ0) is 15.1. The Morgan fingerprint density at radius 2 is 2.00 bits per heavy atom. The molecular weight excluding hydrogens is 270 g/mol. The van der Waals surface area contributed by atoms with Crippen molar-refractivity contribution in [2.24, 2.45) is 0 Å². The first-order valence-electron chi connectivity index (χ1n) is 7.13. The molecule has 1 saturated heterocycles. The number of anilines is 1. The largest absolute Gasteiger partial charge is 0.477 e. The number of nitrogens with zero attached hydrogens (tertiary/aromatic N) is 3. The van der Waals surface area contributed by atoms with Crippen molar-refractivity contribution >= 4 is 17.3 Å². The highest BCUT2D eigenvalue weighted by Gasteiger charge is 2.21. The molecule has 2 aromatic rings. The minimum atomic E-state index is -0.967. The van der Waals surface area contributed by atoms with Crippen LogP contribution < -0.4 is 4.90 Å². The summed E-state index contributed by atoms with van der Waals surface area (Å²) in [6.07, 6.45) is 3.09. The monoisotopic (exact) mass is 289 g/mol. The molecule has 1 fully saturated rings. The Hall–Kier alpha value is -2.08. The summed E-state index contributed by atoms with van der Waals surface area (Å²) >= 11 is 0. The molecule has 0 aliphatic carbocycles. The molecule has 6 nitrogen and oxygen atoms in total. The fourth-order valence-corrected chi connectivity index (χ4v) is 2.96. The van der Waals surface area contributed by atoms with Crippen molar-refractivity contribution in [3.8, 4) is 0 Å². The summed E-state index contributed by atoms with van der Waals surface area (Å²) in [5.74, 6) is -0.967. The Bertz CT molecular complexity index is 700. The molecule has 1 aliphatic rings. The van der Waals surface area contributed by atoms with E-state index in [0.29, 0.717) is 11.3 Å². The third kappa shape index (κ3) is 2.35. The number of hydrogen-bond acceptors (Lipinski definition) is 4. The molecule has 112 valence electrons. The van der Waals surface area contributed by atoms with Gasteiger partial charge in [0.05, 0.1) is 17.5 Å². The van der Waals surface area contributed by atoms with Crippen molar-refractivity contribution in [2.45, 2.75) is 32.8 Å². The van der Waals surface area contributed by atoms with E-state index in [9.17, 15) is 15.0 Å². The van der Waals surface area contributed by atoms with Crippen molar-refractivity contribution in [3.63, 3.8) is 0 Å². The number of pyridine rings is 1. The number of carboxylic acid groups (broad SMARTS) is 1. The predicted molar refractivity (Wildman–Crippen MR) is 79.1 cm³/mol. The third-order valence-electron chi connectivity index (χ3n) is 4.10. The van der Waals surface area contributed by atoms with Gasteiger partial charge in [0.1, 0.15) is 5.65 Å². The molecule has 0 radical (unpaired) electrons. The van der Waals surface area contributed by atoms with Crippen LogP contribution in [0, 0.1) is 13.8 Å². The molecule has 6 heteroatoms. The predicted octanol–water partition coefficient (Wildman–Crippen LogP) is 1.61. The second-order valence-electron chi connectivity index (χ2n) is 5.64. The molecule has 0 spiro atoms. The van der Waals surface area contributed by atoms with Gasteiger partial charge >= 0.3 is 5.97 Å². The normalized spacial score (nSPS) is 16.6. The number of piperidine rings is 1. The lowest BCUT2D eigenvalue weighted by atomic mass is 10.1. The Labute approximate surface area is 122 Å². The van der Waals surface area contributed by atoms with E-state index in [1.165, 1.54) is 0 Å². The van der Waals surface area contributed by atoms with Crippen molar-refractivity contribution in [1.82, 2.24) is 9.38 Å². The van der Waals surface area contributed by atoms with Crippen molar-refractivity contribution in [3.05, 3.63) is 29.2 Å². The summed E-state index contributed by atoms with van der Waals surface area (Å²) in [7, 11) is 0. The maximum absolute atomic E-state index is 11.4. The number of hydrogen-bond donors (Lipinski definition) is 2. The van der Waals surface area contributed by atoms with E-state index in [-0.39, 0.29) is 11.8 Å². The van der Waals surface area contributed by atoms with Gasteiger partial charge in [-0.3, -0.25) is 4.40 Å². The van der Waals surface area contributed by atoms with Gasteiger partial charge in [-0.15, -0.1) is 0 Å². The summed E-state index contributed by atoms with van der Waals surface area (Å²) in [6, 6.07) is 2.03. The number of aromatic carboxylic acids is 1. The molecule has 0 aromatic carbocycles. The number of carbonyl (C=O) groups is 1. The number of imidazole rings is 1. The van der Waals surface area contributed by atoms with Crippen LogP contribution in [0.2, 0.25) is 0 Å². The molecule has 21 heavy (non-hydrogen) atoms. The lowest BCUT2D eigenvalue weighted by molar-refractivity contribution is 0.0688. The van der Waals surface area contributed by atoms with Gasteiger partial charge in [0.15, 0.2) is 5.69 Å². The SMILES string of the molecule is Cc1nc2c(C)cc(N3CCC(O)CC3)cn2c1C(=O)O. The molecular formula is C15H19N3O3. The Balaban J connectivity index is 2.09. The van der Waals surface area contributed by atoms with Gasteiger partial charge in [0.25, 0.3) is 0 Å². The summed E-state index contributed by atoms with van der Waals surface area (Å²) < 4.78 is 1.66. The van der Waals surface area contributed by atoms with Crippen LogP contribution in [0.15, 0.2) is 12.3 Å². The van der Waals surface area contributed by atoms with E-state index in [2.05, 4.69) is 9.88 Å². The van der Waals surface area contributed by atoms with Crippen LogP contribution in [0.1, 0.15) is 34.6 Å². The zero-order valence-corrected chi connectivity index (χ0v) is 12.2. The maximum atomic E-state index is 11.4. The quantitative estimate of drug-likeness (QED) is 0.878. The van der Waals surface area contributed by atoms with Gasteiger partial charge in [-0.1, -0.05) is 0 Å². The van der Waals surface area contributed by atoms with E-state index in [0.717, 1.165) is 37.2 Å². The van der Waals surface area contributed by atoms with Crippen molar-refractivity contribution < 1.29 is 15.0 Å². The minimum absolute atomic E-state index is 0.215. The molecule has 3 heterocycles. The van der Waals surface area contributed by atoms with Gasteiger partial charge in [-0.05, 0) is 38.3 Å². The first kappa shape index (κ1) is 13.9. The van der Waals surface area contributed by atoms with Crippen LogP contribution in [0.25, 0.3) is 5.65 Å². The highest BCUT2D eigenvalue weighted by Crippen LogP contribution is 2.25. The Kier molecular flexibility index (Phi) is 3.33. The van der Waals surface area contributed by atoms with Gasteiger partial charge in [-0.2, -0.15) is 0 Å². The van der Waals surface area contributed by atoms with E-state index < -0.39 is 5.97 Å². The second-order valence-corrected chi connectivity index (χ2v) is 5.64. The molecule has 0 amide bonds. The third-order valence-corrected chi connectivity index (χ3v) is 4.10. The summed E-state index contributed by atoms with van der Waals surface area (Å²) in [5, 5.41) is 19.0. The second kappa shape index (κ2) is 5.04. The lowest BCUT2D eigenvalue weighted by Gasteiger charge is -2.31. The lowest BCUT2D eigenvalue weighted by Crippen LogP contribution is -2.36. The molecule has 2 aromatic heterocycles. The first-order chi connectivity index (χ1) is 9.97. The van der Waals surface area contributed by atoms with E-state index >= 15 is 0 Å². The number of carboxylic acids is 1. The Morgan fingerprint density at radius 3 is 2.62 bits per heavy atom. The zero-order valence-electron chi connectivity index (χ0n) is 12.2. The van der Waals surface area contributed by atoms with Gasteiger partial charge in [-0.25, -0.2) is 9.78 Å². The number of aliphatic hydroxyl groups excluding tert-OH is 1. The van der Waals surface area contributed by atoms with Crippen LogP contribution in [-0.2, 0) is 0 Å². The minimum Gasteiger partial charge on any atom is -0.477 e. The summed E-state index contributed by atoms with van der Waals surface area (Å²) in [4.78, 5) is 18.0. The number of aryl methyl sites for hydroxylation is 2. The molecule has 2 N–H and O–H groups in total. The van der Waals surface area contributed by atoms with Gasteiger partial charge in [0.2, 0.25) is 0 Å². The maximum Gasteiger partial charge on any atom is 0.354 e. The van der Waals surface area contributed by atoms with Crippen molar-refractivity contribution in [1.29, 1.82) is 0 Å². The topological polar surface area (TPSA) is 78.1 Å². The van der Waals surface area contributed by atoms with Crippen LogP contribution in [0.4, 0.5) is 5.69 Å². The molecule has 0 unspecified atom stereocenters. The number of rotatable bonds is 2. The molecule has 0 bridgehead atoms. The standard InChI is InChI=1S/C15H19N3O3/c1-9-7-11(17-5-3-12(19)4-6-17)8-18-13(15(20)21)10(2)16-14(9)18/h7-8,12,19H,3-6H2,1-2H3,(H,20,21). The van der Waals surface area contributed by atoms with E-state index in [1.54, 1.807) is 11.3 Å². The Morgan fingerprint density at radius 1 is 1.33 bits per heavy atom. The number of aromatic nitrogens is 2. The van der Waals surface area contributed by atoms with E-state index in [4.69, 9.17) is 0 Å².